The Bertz CT molecular complexity index is 817. The Morgan fingerprint density at radius 1 is 1.11 bits per heavy atom. The van der Waals surface area contributed by atoms with E-state index in [0.717, 1.165) is 16.3 Å². The average Bonchev–Trinajstić information content (AvgIpc) is 2.60. The fourth-order valence-electron chi connectivity index (χ4n) is 2.46. The molecule has 1 atom stereocenters. The lowest BCUT2D eigenvalue weighted by Crippen LogP contribution is -2.41. The first-order valence-corrected chi connectivity index (χ1v) is 8.53. The van der Waals surface area contributed by atoms with Crippen molar-refractivity contribution in [3.8, 4) is 0 Å². The summed E-state index contributed by atoms with van der Waals surface area (Å²) >= 11 is 0. The number of para-hydroxylation sites is 1. The van der Waals surface area contributed by atoms with Crippen LogP contribution in [0, 0.1) is 5.92 Å². The van der Waals surface area contributed by atoms with Gasteiger partial charge in [-0.05, 0) is 24.1 Å². The zero-order valence-corrected chi connectivity index (χ0v) is 15.1. The average molecular weight is 381 g/mol. The van der Waals surface area contributed by atoms with E-state index in [1.54, 1.807) is 0 Å². The molecule has 146 valence electrons. The van der Waals surface area contributed by atoms with Gasteiger partial charge in [0.05, 0.1) is 5.56 Å². The number of nitrogens with one attached hydrogen (secondary N) is 2. The van der Waals surface area contributed by atoms with Crippen LogP contribution in [0.15, 0.2) is 53.5 Å². The minimum absolute atomic E-state index is 0.0745. The molecule has 0 saturated heterocycles. The van der Waals surface area contributed by atoms with Crippen molar-refractivity contribution in [3.63, 3.8) is 0 Å². The number of nitrogens with zero attached hydrogens (tertiary/aromatic N) is 1. The van der Waals surface area contributed by atoms with E-state index in [9.17, 15) is 22.8 Å². The van der Waals surface area contributed by atoms with Crippen molar-refractivity contribution in [2.45, 2.75) is 32.6 Å². The van der Waals surface area contributed by atoms with Gasteiger partial charge < -0.3 is 15.2 Å². The molecule has 0 fully saturated rings. The molecule has 27 heavy (non-hydrogen) atoms. The number of carbonyl (C=O) groups is 1. The summed E-state index contributed by atoms with van der Waals surface area (Å²) in [5, 5.41) is 5.98. The van der Waals surface area contributed by atoms with E-state index in [2.05, 4.69) is 10.6 Å². The molecule has 0 bridgehead atoms. The maximum Gasteiger partial charge on any atom is 0.417 e. The molecular formula is C19H22F3N3O2. The molecule has 1 unspecified atom stereocenters. The number of hydrogen-bond acceptors (Lipinski definition) is 3. The van der Waals surface area contributed by atoms with Gasteiger partial charge in [0.25, 0.3) is 5.56 Å². The van der Waals surface area contributed by atoms with Gasteiger partial charge in [0.2, 0.25) is 5.91 Å². The number of anilines is 1. The number of aromatic nitrogens is 1. The Morgan fingerprint density at radius 2 is 1.78 bits per heavy atom. The molecule has 1 aromatic carbocycles. The van der Waals surface area contributed by atoms with E-state index in [1.165, 1.54) is 0 Å². The van der Waals surface area contributed by atoms with Gasteiger partial charge in [-0.15, -0.1) is 0 Å². The first-order valence-electron chi connectivity index (χ1n) is 8.53. The number of benzene rings is 1. The van der Waals surface area contributed by atoms with Crippen molar-refractivity contribution in [2.75, 3.05) is 11.9 Å². The van der Waals surface area contributed by atoms with Gasteiger partial charge >= 0.3 is 6.18 Å². The summed E-state index contributed by atoms with van der Waals surface area (Å²) in [6.07, 6.45) is -3.92. The summed E-state index contributed by atoms with van der Waals surface area (Å²) in [7, 11) is 0. The number of pyridine rings is 1. The summed E-state index contributed by atoms with van der Waals surface area (Å²) < 4.78 is 39.0. The third-order valence-corrected chi connectivity index (χ3v) is 4.07. The molecule has 0 saturated carbocycles. The number of rotatable bonds is 7. The standard InChI is InChI=1S/C19H22F3N3O2/c1-13(2)16(24-15-6-4-3-5-7-15)10-23-17(26)12-25-11-14(19(20,21)22)8-9-18(25)27/h3-9,11,13,16,24H,10,12H2,1-2H3,(H,23,26). The molecule has 0 aliphatic carbocycles. The molecule has 1 aromatic heterocycles. The zero-order chi connectivity index (χ0) is 20.0. The minimum atomic E-state index is -4.58. The lowest BCUT2D eigenvalue weighted by Gasteiger charge is -2.24. The minimum Gasteiger partial charge on any atom is -0.380 e. The van der Waals surface area contributed by atoms with Gasteiger partial charge in [0, 0.05) is 30.5 Å². The fourth-order valence-corrected chi connectivity index (χ4v) is 2.46. The van der Waals surface area contributed by atoms with Crippen molar-refractivity contribution in [2.24, 2.45) is 5.92 Å². The van der Waals surface area contributed by atoms with Crippen molar-refractivity contribution in [1.29, 1.82) is 0 Å². The van der Waals surface area contributed by atoms with E-state index in [0.29, 0.717) is 12.3 Å². The van der Waals surface area contributed by atoms with Crippen LogP contribution in [0.25, 0.3) is 0 Å². The van der Waals surface area contributed by atoms with Crippen molar-refractivity contribution < 1.29 is 18.0 Å². The molecule has 0 aliphatic rings. The monoisotopic (exact) mass is 381 g/mol. The Labute approximate surface area is 155 Å². The Morgan fingerprint density at radius 3 is 2.37 bits per heavy atom. The molecule has 1 heterocycles. The lowest BCUT2D eigenvalue weighted by atomic mass is 10.0. The molecule has 5 nitrogen and oxygen atoms in total. The summed E-state index contributed by atoms with van der Waals surface area (Å²) in [5.41, 5.74) is -0.735. The second-order valence-electron chi connectivity index (χ2n) is 6.55. The largest absolute Gasteiger partial charge is 0.417 e. The lowest BCUT2D eigenvalue weighted by molar-refractivity contribution is -0.138. The van der Waals surface area contributed by atoms with Crippen LogP contribution in [0.1, 0.15) is 19.4 Å². The van der Waals surface area contributed by atoms with Crippen LogP contribution in [-0.2, 0) is 17.5 Å². The number of hydrogen-bond donors (Lipinski definition) is 2. The van der Waals surface area contributed by atoms with Crippen LogP contribution in [-0.4, -0.2) is 23.1 Å². The molecule has 2 N–H and O–H groups in total. The molecule has 1 amide bonds. The highest BCUT2D eigenvalue weighted by molar-refractivity contribution is 5.75. The number of carbonyl (C=O) groups excluding carboxylic acids is 1. The molecule has 0 aliphatic heterocycles. The second-order valence-corrected chi connectivity index (χ2v) is 6.55. The predicted molar refractivity (Wildman–Crippen MR) is 97.4 cm³/mol. The van der Waals surface area contributed by atoms with Crippen LogP contribution in [0.4, 0.5) is 18.9 Å². The first-order chi connectivity index (χ1) is 12.7. The fraction of sp³-hybridized carbons (Fsp3) is 0.368. The molecular weight excluding hydrogens is 359 g/mol. The molecule has 2 rings (SSSR count). The van der Waals surface area contributed by atoms with Crippen LogP contribution in [0.5, 0.6) is 0 Å². The van der Waals surface area contributed by atoms with Gasteiger partial charge in [0.15, 0.2) is 0 Å². The van der Waals surface area contributed by atoms with Gasteiger partial charge in [-0.25, -0.2) is 0 Å². The van der Waals surface area contributed by atoms with Gasteiger partial charge in [-0.2, -0.15) is 13.2 Å². The third-order valence-electron chi connectivity index (χ3n) is 4.07. The van der Waals surface area contributed by atoms with E-state index in [4.69, 9.17) is 0 Å². The van der Waals surface area contributed by atoms with Gasteiger partial charge in [0.1, 0.15) is 6.54 Å². The highest BCUT2D eigenvalue weighted by atomic mass is 19.4. The van der Waals surface area contributed by atoms with Crippen LogP contribution in [0.3, 0.4) is 0 Å². The van der Waals surface area contributed by atoms with E-state index in [-0.39, 0.29) is 18.5 Å². The summed E-state index contributed by atoms with van der Waals surface area (Å²) in [4.78, 5) is 23.8. The molecule has 8 heteroatoms. The van der Waals surface area contributed by atoms with Crippen molar-refractivity contribution >= 4 is 11.6 Å². The number of alkyl halides is 3. The summed E-state index contributed by atoms with van der Waals surface area (Å²) in [6.45, 7) is 3.78. The SMILES string of the molecule is CC(C)C(CNC(=O)Cn1cc(C(F)(F)F)ccc1=O)Nc1ccccc1. The summed E-state index contributed by atoms with van der Waals surface area (Å²) in [5.74, 6) is -0.335. The van der Waals surface area contributed by atoms with Crippen molar-refractivity contribution in [1.82, 2.24) is 9.88 Å². The third kappa shape index (κ3) is 6.16. The van der Waals surface area contributed by atoms with Gasteiger partial charge in [-0.1, -0.05) is 32.0 Å². The van der Waals surface area contributed by atoms with E-state index >= 15 is 0 Å². The predicted octanol–water partition coefficient (Wildman–Crippen LogP) is 3.12. The van der Waals surface area contributed by atoms with Crippen LogP contribution < -0.4 is 16.2 Å². The molecule has 2 aromatic rings. The molecule has 0 spiro atoms. The quantitative estimate of drug-likeness (QED) is 0.775. The van der Waals surface area contributed by atoms with Gasteiger partial charge in [-0.3, -0.25) is 9.59 Å². The first kappa shape index (κ1) is 20.5. The topological polar surface area (TPSA) is 63.1 Å². The van der Waals surface area contributed by atoms with E-state index < -0.39 is 29.8 Å². The Hall–Kier alpha value is -2.77. The maximum absolute atomic E-state index is 12.8. The van der Waals surface area contributed by atoms with Crippen LogP contribution in [0.2, 0.25) is 0 Å². The van der Waals surface area contributed by atoms with Crippen LogP contribution >= 0.6 is 0 Å². The smallest absolute Gasteiger partial charge is 0.380 e. The highest BCUT2D eigenvalue weighted by Gasteiger charge is 2.31. The Balaban J connectivity index is 1.99. The highest BCUT2D eigenvalue weighted by Crippen LogP contribution is 2.27. The maximum atomic E-state index is 12.8. The number of amides is 1. The summed E-state index contributed by atoms with van der Waals surface area (Å²) in [6, 6.07) is 10.9. The second kappa shape index (κ2) is 8.75. The number of halogens is 3. The Kier molecular flexibility index (Phi) is 6.65. The normalized spacial score (nSPS) is 12.7. The van der Waals surface area contributed by atoms with E-state index in [1.807, 2.05) is 44.2 Å². The molecule has 0 radical (unpaired) electrons. The zero-order valence-electron chi connectivity index (χ0n) is 15.1. The van der Waals surface area contributed by atoms with Crippen molar-refractivity contribution in [3.05, 3.63) is 64.6 Å².